The van der Waals surface area contributed by atoms with Crippen LogP contribution in [0.25, 0.3) is 0 Å². The van der Waals surface area contributed by atoms with Crippen LogP contribution in [-0.2, 0) is 0 Å². The van der Waals surface area contributed by atoms with Crippen molar-refractivity contribution in [2.24, 2.45) is 0 Å². The molecule has 96 valence electrons. The molecule has 0 aliphatic carbocycles. The van der Waals surface area contributed by atoms with Crippen LogP contribution in [-0.4, -0.2) is 7.05 Å². The van der Waals surface area contributed by atoms with Gasteiger partial charge in [-0.25, -0.2) is 4.39 Å². The van der Waals surface area contributed by atoms with E-state index in [1.807, 2.05) is 44.0 Å². The third-order valence-corrected chi connectivity index (χ3v) is 3.05. The summed E-state index contributed by atoms with van der Waals surface area (Å²) < 4.78 is 13.6. The highest BCUT2D eigenvalue weighted by Gasteiger charge is 2.08. The lowest BCUT2D eigenvalue weighted by molar-refractivity contribution is 0.624. The molecule has 3 heteroatoms. The quantitative estimate of drug-likeness (QED) is 0.807. The van der Waals surface area contributed by atoms with Gasteiger partial charge >= 0.3 is 0 Å². The van der Waals surface area contributed by atoms with Crippen LogP contribution in [0.2, 0.25) is 0 Å². The van der Waals surface area contributed by atoms with E-state index in [0.29, 0.717) is 0 Å². The van der Waals surface area contributed by atoms with Gasteiger partial charge in [-0.1, -0.05) is 6.07 Å². The van der Waals surface area contributed by atoms with Crippen LogP contribution >= 0.6 is 0 Å². The zero-order valence-corrected chi connectivity index (χ0v) is 11.2. The molecule has 19 heavy (non-hydrogen) atoms. The Labute approximate surface area is 112 Å². The minimum Gasteiger partial charge on any atom is -0.345 e. The van der Waals surface area contributed by atoms with Gasteiger partial charge in [-0.3, -0.25) is 0 Å². The van der Waals surface area contributed by atoms with E-state index in [4.69, 9.17) is 5.26 Å². The van der Waals surface area contributed by atoms with Crippen LogP contribution < -0.4 is 4.90 Å². The molecule has 0 heterocycles. The van der Waals surface area contributed by atoms with Gasteiger partial charge < -0.3 is 4.90 Å². The first-order chi connectivity index (χ1) is 9.01. The monoisotopic (exact) mass is 254 g/mol. The van der Waals surface area contributed by atoms with E-state index in [9.17, 15) is 4.39 Å². The second kappa shape index (κ2) is 5.11. The Bertz CT molecular complexity index is 636. The number of hydrogen-bond acceptors (Lipinski definition) is 2. The highest BCUT2D eigenvalue weighted by molar-refractivity contribution is 5.64. The molecule has 0 aliphatic rings. The third-order valence-electron chi connectivity index (χ3n) is 3.05. The fraction of sp³-hybridized carbons (Fsp3) is 0.188. The van der Waals surface area contributed by atoms with Gasteiger partial charge in [0.1, 0.15) is 11.9 Å². The predicted molar refractivity (Wildman–Crippen MR) is 75.1 cm³/mol. The second-order valence-corrected chi connectivity index (χ2v) is 4.68. The van der Waals surface area contributed by atoms with E-state index in [-0.39, 0.29) is 5.56 Å². The number of benzene rings is 2. The maximum atomic E-state index is 13.6. The number of nitrogens with zero attached hydrogens (tertiary/aromatic N) is 2. The molecule has 0 aromatic heterocycles. The molecule has 0 spiro atoms. The first-order valence-corrected chi connectivity index (χ1v) is 6.03. The first kappa shape index (κ1) is 13.1. The number of anilines is 2. The number of hydrogen-bond donors (Lipinski definition) is 0. The Kier molecular flexibility index (Phi) is 3.52. The molecule has 2 aromatic rings. The van der Waals surface area contributed by atoms with Crippen LogP contribution in [0.4, 0.5) is 15.8 Å². The van der Waals surface area contributed by atoms with Crippen molar-refractivity contribution in [2.75, 3.05) is 11.9 Å². The molecular formula is C16H15FN2. The predicted octanol–water partition coefficient (Wildman–Crippen LogP) is 4.08. The summed E-state index contributed by atoms with van der Waals surface area (Å²) >= 11 is 0. The largest absolute Gasteiger partial charge is 0.345 e. The molecule has 0 N–H and O–H groups in total. The molecule has 0 saturated heterocycles. The molecule has 0 fully saturated rings. The summed E-state index contributed by atoms with van der Waals surface area (Å²) in [7, 11) is 1.88. The van der Waals surface area contributed by atoms with Gasteiger partial charge in [0.15, 0.2) is 0 Å². The normalized spacial score (nSPS) is 10.1. The van der Waals surface area contributed by atoms with Gasteiger partial charge in [-0.05, 0) is 55.3 Å². The summed E-state index contributed by atoms with van der Waals surface area (Å²) in [6.07, 6.45) is 0. The van der Waals surface area contributed by atoms with Crippen molar-refractivity contribution in [3.8, 4) is 6.07 Å². The minimum atomic E-state index is -0.490. The fourth-order valence-electron chi connectivity index (χ4n) is 2.10. The number of halogens is 1. The highest BCUT2D eigenvalue weighted by atomic mass is 19.1. The van der Waals surface area contributed by atoms with Crippen molar-refractivity contribution in [1.82, 2.24) is 0 Å². The molecule has 2 rings (SSSR count). The van der Waals surface area contributed by atoms with Gasteiger partial charge in [0.25, 0.3) is 0 Å². The Morgan fingerprint density at radius 3 is 2.16 bits per heavy atom. The van der Waals surface area contributed by atoms with Crippen molar-refractivity contribution >= 4 is 11.4 Å². The number of rotatable bonds is 2. The van der Waals surface area contributed by atoms with Gasteiger partial charge in [0.05, 0.1) is 5.56 Å². The van der Waals surface area contributed by atoms with E-state index in [0.717, 1.165) is 22.5 Å². The average molecular weight is 254 g/mol. The summed E-state index contributed by atoms with van der Waals surface area (Å²) in [6, 6.07) is 12.6. The van der Waals surface area contributed by atoms with E-state index < -0.39 is 5.82 Å². The van der Waals surface area contributed by atoms with E-state index in [1.54, 1.807) is 6.07 Å². The average Bonchev–Trinajstić information content (AvgIpc) is 2.36. The van der Waals surface area contributed by atoms with Gasteiger partial charge in [0, 0.05) is 18.4 Å². The summed E-state index contributed by atoms with van der Waals surface area (Å²) in [4.78, 5) is 1.91. The summed E-state index contributed by atoms with van der Waals surface area (Å²) in [5.41, 5.74) is 4.12. The molecule has 2 nitrogen and oxygen atoms in total. The minimum absolute atomic E-state index is 0.0672. The van der Waals surface area contributed by atoms with Gasteiger partial charge in [-0.15, -0.1) is 0 Å². The Morgan fingerprint density at radius 2 is 1.63 bits per heavy atom. The second-order valence-electron chi connectivity index (χ2n) is 4.68. The Hall–Kier alpha value is -2.34. The molecule has 0 saturated carbocycles. The van der Waals surface area contributed by atoms with Crippen molar-refractivity contribution in [2.45, 2.75) is 13.8 Å². The molecule has 0 bridgehead atoms. The van der Waals surface area contributed by atoms with Gasteiger partial charge in [-0.2, -0.15) is 5.26 Å². The molecule has 0 aliphatic heterocycles. The van der Waals surface area contributed by atoms with Crippen LogP contribution in [0.15, 0.2) is 36.4 Å². The first-order valence-electron chi connectivity index (χ1n) is 6.03. The van der Waals surface area contributed by atoms with Crippen molar-refractivity contribution in [1.29, 1.82) is 5.26 Å². The summed E-state index contributed by atoms with van der Waals surface area (Å²) in [5, 5.41) is 8.73. The lowest BCUT2D eigenvalue weighted by Gasteiger charge is -2.21. The van der Waals surface area contributed by atoms with Crippen LogP contribution in [0.1, 0.15) is 16.7 Å². The topological polar surface area (TPSA) is 27.0 Å². The summed E-state index contributed by atoms with van der Waals surface area (Å²) in [6.45, 7) is 4.06. The number of nitriles is 1. The molecular weight excluding hydrogens is 239 g/mol. The lowest BCUT2D eigenvalue weighted by atomic mass is 10.1. The molecule has 2 aromatic carbocycles. The van der Waals surface area contributed by atoms with E-state index in [1.165, 1.54) is 12.1 Å². The van der Waals surface area contributed by atoms with E-state index >= 15 is 0 Å². The zero-order chi connectivity index (χ0) is 14.0. The molecule has 0 unspecified atom stereocenters. The van der Waals surface area contributed by atoms with Crippen LogP contribution in [0, 0.1) is 31.0 Å². The molecule has 0 radical (unpaired) electrons. The number of aryl methyl sites for hydroxylation is 2. The van der Waals surface area contributed by atoms with Crippen molar-refractivity contribution in [3.05, 3.63) is 58.9 Å². The zero-order valence-electron chi connectivity index (χ0n) is 11.2. The molecule has 0 atom stereocenters. The third kappa shape index (κ3) is 2.74. The highest BCUT2D eigenvalue weighted by Crippen LogP contribution is 2.26. The van der Waals surface area contributed by atoms with Crippen molar-refractivity contribution < 1.29 is 4.39 Å². The van der Waals surface area contributed by atoms with Crippen LogP contribution in [0.5, 0.6) is 0 Å². The van der Waals surface area contributed by atoms with Crippen molar-refractivity contribution in [3.63, 3.8) is 0 Å². The van der Waals surface area contributed by atoms with Crippen LogP contribution in [0.3, 0.4) is 0 Å². The maximum Gasteiger partial charge on any atom is 0.143 e. The fourth-order valence-corrected chi connectivity index (χ4v) is 2.10. The summed E-state index contributed by atoms with van der Waals surface area (Å²) in [5.74, 6) is -0.490. The molecule has 0 amide bonds. The Morgan fingerprint density at radius 1 is 1.00 bits per heavy atom. The lowest BCUT2D eigenvalue weighted by Crippen LogP contribution is -2.10. The SMILES string of the molecule is Cc1cc(C)cc(N(C)c2ccc(C#N)c(F)c2)c1. The Balaban J connectivity index is 2.41. The standard InChI is InChI=1S/C16H15FN2/c1-11-6-12(2)8-15(7-11)19(3)14-5-4-13(10-18)16(17)9-14/h4-9H,1-3H3. The smallest absolute Gasteiger partial charge is 0.143 e. The van der Waals surface area contributed by atoms with E-state index in [2.05, 4.69) is 6.07 Å². The van der Waals surface area contributed by atoms with Gasteiger partial charge in [0.2, 0.25) is 0 Å². The maximum absolute atomic E-state index is 13.6.